The molecule has 0 aliphatic carbocycles. The van der Waals surface area contributed by atoms with Crippen LogP contribution in [0.1, 0.15) is 43.5 Å². The molecule has 110 valence electrons. The van der Waals surface area contributed by atoms with Crippen molar-refractivity contribution in [3.63, 3.8) is 0 Å². The van der Waals surface area contributed by atoms with Gasteiger partial charge in [0.15, 0.2) is 6.10 Å². The van der Waals surface area contributed by atoms with Crippen LogP contribution in [0.25, 0.3) is 0 Å². The van der Waals surface area contributed by atoms with Crippen LogP contribution in [0.15, 0.2) is 24.3 Å². The molecular weight excluding hydrogens is 260 g/mol. The van der Waals surface area contributed by atoms with Crippen LogP contribution >= 0.6 is 0 Å². The van der Waals surface area contributed by atoms with E-state index in [-0.39, 0.29) is 5.56 Å². The lowest BCUT2D eigenvalue weighted by Crippen LogP contribution is -2.26. The van der Waals surface area contributed by atoms with E-state index in [2.05, 4.69) is 6.92 Å². The number of ether oxygens (including phenoxy) is 2. The first-order chi connectivity index (χ1) is 9.54. The zero-order chi connectivity index (χ0) is 15.0. The Kier molecular flexibility index (Phi) is 6.73. The van der Waals surface area contributed by atoms with Gasteiger partial charge in [-0.3, -0.25) is 0 Å². The van der Waals surface area contributed by atoms with Crippen LogP contribution in [0.5, 0.6) is 5.75 Å². The Morgan fingerprint density at radius 1 is 1.20 bits per heavy atom. The molecule has 1 aromatic rings. The van der Waals surface area contributed by atoms with E-state index in [1.54, 1.807) is 6.92 Å². The molecule has 0 amide bonds. The normalized spacial score (nSPS) is 11.9. The fraction of sp³-hybridized carbons (Fsp3) is 0.467. The predicted molar refractivity (Wildman–Crippen MR) is 74.0 cm³/mol. The van der Waals surface area contributed by atoms with Gasteiger partial charge in [0.2, 0.25) is 0 Å². The van der Waals surface area contributed by atoms with Crippen LogP contribution < -0.4 is 4.74 Å². The molecule has 0 saturated carbocycles. The Balaban J connectivity index is 2.42. The van der Waals surface area contributed by atoms with Crippen molar-refractivity contribution in [2.24, 2.45) is 0 Å². The Bertz CT molecular complexity index is 438. The van der Waals surface area contributed by atoms with E-state index in [9.17, 15) is 9.59 Å². The Morgan fingerprint density at radius 2 is 1.85 bits per heavy atom. The molecule has 0 heterocycles. The van der Waals surface area contributed by atoms with Crippen LogP contribution in [0.4, 0.5) is 0 Å². The summed E-state index contributed by atoms with van der Waals surface area (Å²) in [5, 5.41) is 8.76. The number of benzene rings is 1. The van der Waals surface area contributed by atoms with E-state index in [1.807, 2.05) is 0 Å². The number of aromatic carboxylic acids is 1. The van der Waals surface area contributed by atoms with E-state index < -0.39 is 18.0 Å². The zero-order valence-corrected chi connectivity index (χ0v) is 11.8. The topological polar surface area (TPSA) is 72.8 Å². The summed E-state index contributed by atoms with van der Waals surface area (Å²) in [6, 6.07) is 5.67. The van der Waals surface area contributed by atoms with Gasteiger partial charge in [-0.1, -0.05) is 19.8 Å². The maximum absolute atomic E-state index is 11.7. The van der Waals surface area contributed by atoms with E-state index >= 15 is 0 Å². The number of rotatable bonds is 8. The molecule has 0 radical (unpaired) electrons. The second-order valence-electron chi connectivity index (χ2n) is 4.47. The monoisotopic (exact) mass is 280 g/mol. The van der Waals surface area contributed by atoms with E-state index in [1.165, 1.54) is 24.3 Å². The first-order valence-electron chi connectivity index (χ1n) is 6.71. The van der Waals surface area contributed by atoms with E-state index in [0.717, 1.165) is 19.3 Å². The lowest BCUT2D eigenvalue weighted by Gasteiger charge is -2.12. The van der Waals surface area contributed by atoms with Gasteiger partial charge in [-0.25, -0.2) is 9.59 Å². The average molecular weight is 280 g/mol. The number of carboxylic acids is 1. The minimum Gasteiger partial charge on any atom is -0.478 e. The molecule has 1 aromatic carbocycles. The zero-order valence-electron chi connectivity index (χ0n) is 11.8. The van der Waals surface area contributed by atoms with Crippen LogP contribution in [0.3, 0.4) is 0 Å². The fourth-order valence-electron chi connectivity index (χ4n) is 1.54. The van der Waals surface area contributed by atoms with Gasteiger partial charge in [0.25, 0.3) is 0 Å². The van der Waals surface area contributed by atoms with Crippen molar-refractivity contribution in [2.45, 2.75) is 39.2 Å². The molecule has 5 heteroatoms. The lowest BCUT2D eigenvalue weighted by molar-refractivity contribution is -0.146. The number of carbonyl (C=O) groups excluding carboxylic acids is 1. The molecule has 1 N–H and O–H groups in total. The Labute approximate surface area is 118 Å². The third kappa shape index (κ3) is 5.40. The van der Waals surface area contributed by atoms with Crippen LogP contribution in [-0.4, -0.2) is 29.8 Å². The van der Waals surface area contributed by atoms with Crippen LogP contribution in [-0.2, 0) is 9.53 Å². The van der Waals surface area contributed by atoms with Gasteiger partial charge < -0.3 is 14.6 Å². The second kappa shape index (κ2) is 8.32. The third-order valence-electron chi connectivity index (χ3n) is 2.77. The van der Waals surface area contributed by atoms with Gasteiger partial charge in [0.05, 0.1) is 5.56 Å². The molecule has 0 bridgehead atoms. The summed E-state index contributed by atoms with van der Waals surface area (Å²) in [6.45, 7) is 4.26. The number of hydrogen-bond acceptors (Lipinski definition) is 4. The Morgan fingerprint density at radius 3 is 2.40 bits per heavy atom. The minimum absolute atomic E-state index is 0.147. The summed E-state index contributed by atoms with van der Waals surface area (Å²) in [6.07, 6.45) is 2.45. The van der Waals surface area contributed by atoms with Crippen molar-refractivity contribution in [1.29, 1.82) is 0 Å². The second-order valence-corrected chi connectivity index (χ2v) is 4.47. The predicted octanol–water partition coefficient (Wildman–Crippen LogP) is 2.89. The number of unbranched alkanes of at least 4 members (excludes halogenated alkanes) is 2. The number of carboxylic acid groups (broad SMARTS) is 1. The first-order valence-corrected chi connectivity index (χ1v) is 6.71. The third-order valence-corrected chi connectivity index (χ3v) is 2.77. The van der Waals surface area contributed by atoms with Crippen molar-refractivity contribution < 1.29 is 24.2 Å². The molecular formula is C15H20O5. The first kappa shape index (κ1) is 16.2. The molecule has 0 aliphatic heterocycles. The highest BCUT2D eigenvalue weighted by Crippen LogP contribution is 2.13. The molecule has 20 heavy (non-hydrogen) atoms. The summed E-state index contributed by atoms with van der Waals surface area (Å²) in [7, 11) is 0. The van der Waals surface area contributed by atoms with Crippen molar-refractivity contribution in [1.82, 2.24) is 0 Å². The summed E-state index contributed by atoms with van der Waals surface area (Å²) in [5.74, 6) is -1.19. The van der Waals surface area contributed by atoms with E-state index in [0.29, 0.717) is 12.4 Å². The van der Waals surface area contributed by atoms with Crippen LogP contribution in [0, 0.1) is 0 Å². The van der Waals surface area contributed by atoms with Gasteiger partial charge in [-0.05, 0) is 37.6 Å². The minimum atomic E-state index is -1.02. The maximum atomic E-state index is 11.7. The summed E-state index contributed by atoms with van der Waals surface area (Å²) < 4.78 is 10.5. The largest absolute Gasteiger partial charge is 0.478 e. The molecule has 0 aromatic heterocycles. The van der Waals surface area contributed by atoms with Gasteiger partial charge in [0.1, 0.15) is 5.75 Å². The molecule has 5 nitrogen and oxygen atoms in total. The molecule has 0 unspecified atom stereocenters. The molecule has 1 rings (SSSR count). The van der Waals surface area contributed by atoms with Gasteiger partial charge >= 0.3 is 11.9 Å². The highest BCUT2D eigenvalue weighted by molar-refractivity contribution is 5.87. The van der Waals surface area contributed by atoms with Gasteiger partial charge in [-0.2, -0.15) is 0 Å². The highest BCUT2D eigenvalue weighted by Gasteiger charge is 2.15. The Hall–Kier alpha value is -1.88. The molecule has 0 saturated heterocycles. The summed E-state index contributed by atoms with van der Waals surface area (Å²) in [4.78, 5) is 22.4. The highest BCUT2D eigenvalue weighted by atomic mass is 16.6. The number of carbonyl (C=O) groups is 2. The van der Waals surface area contributed by atoms with Crippen molar-refractivity contribution >= 4 is 11.9 Å². The molecule has 0 fully saturated rings. The van der Waals surface area contributed by atoms with Crippen molar-refractivity contribution in [3.05, 3.63) is 29.8 Å². The number of esters is 1. The smallest absolute Gasteiger partial charge is 0.340 e. The average Bonchev–Trinajstić information content (AvgIpc) is 2.44. The summed E-state index contributed by atoms with van der Waals surface area (Å²) >= 11 is 0. The van der Waals surface area contributed by atoms with Crippen LogP contribution in [0.2, 0.25) is 0 Å². The van der Waals surface area contributed by atoms with Crippen molar-refractivity contribution in [3.8, 4) is 5.75 Å². The fourth-order valence-corrected chi connectivity index (χ4v) is 1.54. The van der Waals surface area contributed by atoms with Gasteiger partial charge in [-0.15, -0.1) is 0 Å². The standard InChI is InChI=1S/C15H20O5/c1-3-4-5-10-19-11(2)15(18)20-13-8-6-12(7-9-13)14(16)17/h6-9,11H,3-5,10H2,1-2H3,(H,16,17)/t11-/m0/s1. The van der Waals surface area contributed by atoms with Crippen molar-refractivity contribution in [2.75, 3.05) is 6.61 Å². The molecule has 1 atom stereocenters. The van der Waals surface area contributed by atoms with Gasteiger partial charge in [0, 0.05) is 6.61 Å². The SMILES string of the molecule is CCCCCO[C@@H](C)C(=O)Oc1ccc(C(=O)O)cc1. The maximum Gasteiger partial charge on any atom is 0.340 e. The van der Waals surface area contributed by atoms with E-state index in [4.69, 9.17) is 14.6 Å². The lowest BCUT2D eigenvalue weighted by atomic mass is 10.2. The quantitative estimate of drug-likeness (QED) is 0.450. The molecule has 0 spiro atoms. The summed E-state index contributed by atoms with van der Waals surface area (Å²) in [5.41, 5.74) is 0.147. The molecule has 0 aliphatic rings. The number of hydrogen-bond donors (Lipinski definition) is 1.